The molecular formula is C14H16FNO4S. The molecule has 0 aromatic heterocycles. The van der Waals surface area contributed by atoms with Crippen molar-refractivity contribution >= 4 is 16.0 Å². The molecule has 2 aliphatic rings. The molecule has 1 aliphatic carbocycles. The molecule has 21 heavy (non-hydrogen) atoms. The molecule has 3 rings (SSSR count). The molecule has 7 heteroatoms. The molecule has 1 saturated carbocycles. The van der Waals surface area contributed by atoms with Crippen molar-refractivity contribution < 1.29 is 22.7 Å². The van der Waals surface area contributed by atoms with Gasteiger partial charge in [0.15, 0.2) is 0 Å². The number of sulfonamides is 1. The van der Waals surface area contributed by atoms with Crippen LogP contribution in [0.25, 0.3) is 0 Å². The molecule has 0 saturated heterocycles. The minimum atomic E-state index is -3.74. The second-order valence-electron chi connectivity index (χ2n) is 5.57. The van der Waals surface area contributed by atoms with Gasteiger partial charge in [-0.25, -0.2) is 12.8 Å². The molecule has 1 atom stereocenters. The first-order chi connectivity index (χ1) is 9.91. The van der Waals surface area contributed by atoms with E-state index in [1.165, 1.54) is 10.4 Å². The van der Waals surface area contributed by atoms with E-state index in [4.69, 9.17) is 5.11 Å². The van der Waals surface area contributed by atoms with E-state index in [2.05, 4.69) is 0 Å². The number of fused-ring (bicyclic) bond motifs is 1. The lowest BCUT2D eigenvalue weighted by molar-refractivity contribution is -0.138. The Morgan fingerprint density at radius 2 is 2.00 bits per heavy atom. The molecule has 114 valence electrons. The topological polar surface area (TPSA) is 74.7 Å². The molecule has 0 radical (unpaired) electrons. The highest BCUT2D eigenvalue weighted by Crippen LogP contribution is 2.45. The summed E-state index contributed by atoms with van der Waals surface area (Å²) >= 11 is 0. The van der Waals surface area contributed by atoms with Gasteiger partial charge < -0.3 is 5.11 Å². The molecule has 1 aromatic rings. The zero-order valence-electron chi connectivity index (χ0n) is 11.3. The molecule has 1 aliphatic heterocycles. The first-order valence-corrected chi connectivity index (χ1v) is 8.40. The van der Waals surface area contributed by atoms with Crippen molar-refractivity contribution in [2.75, 3.05) is 0 Å². The van der Waals surface area contributed by atoms with Crippen molar-refractivity contribution in [1.82, 2.24) is 4.31 Å². The SMILES string of the molecule is O=C(O)CC1c2cc(F)ccc2S(=O)(=O)N1C1CCCC1. The Morgan fingerprint density at radius 1 is 1.33 bits per heavy atom. The van der Waals surface area contributed by atoms with Crippen LogP contribution >= 0.6 is 0 Å². The van der Waals surface area contributed by atoms with Crippen LogP contribution in [0.2, 0.25) is 0 Å². The van der Waals surface area contributed by atoms with Crippen LogP contribution in [0.3, 0.4) is 0 Å². The van der Waals surface area contributed by atoms with Gasteiger partial charge in [-0.2, -0.15) is 4.31 Å². The lowest BCUT2D eigenvalue weighted by Crippen LogP contribution is -2.37. The average molecular weight is 313 g/mol. The summed E-state index contributed by atoms with van der Waals surface area (Å²) in [5, 5.41) is 9.08. The molecule has 0 bridgehead atoms. The number of benzene rings is 1. The second-order valence-corrected chi connectivity index (χ2v) is 7.38. The van der Waals surface area contributed by atoms with Gasteiger partial charge in [-0.3, -0.25) is 4.79 Å². The van der Waals surface area contributed by atoms with Gasteiger partial charge in [0.2, 0.25) is 10.0 Å². The van der Waals surface area contributed by atoms with E-state index in [9.17, 15) is 17.6 Å². The molecule has 0 spiro atoms. The number of hydrogen-bond donors (Lipinski definition) is 1. The fraction of sp³-hybridized carbons (Fsp3) is 0.500. The number of carboxylic acid groups (broad SMARTS) is 1. The average Bonchev–Trinajstić information content (AvgIpc) is 2.95. The van der Waals surface area contributed by atoms with E-state index in [0.717, 1.165) is 37.8 Å². The molecule has 1 unspecified atom stereocenters. The van der Waals surface area contributed by atoms with Crippen LogP contribution in [-0.2, 0) is 14.8 Å². The van der Waals surface area contributed by atoms with Crippen LogP contribution in [0, 0.1) is 5.82 Å². The summed E-state index contributed by atoms with van der Waals surface area (Å²) in [5.74, 6) is -1.64. The minimum Gasteiger partial charge on any atom is -0.481 e. The smallest absolute Gasteiger partial charge is 0.305 e. The van der Waals surface area contributed by atoms with E-state index in [1.54, 1.807) is 0 Å². The number of halogens is 1. The quantitative estimate of drug-likeness (QED) is 0.929. The summed E-state index contributed by atoms with van der Waals surface area (Å²) in [6.45, 7) is 0. The normalized spacial score (nSPS) is 25.1. The zero-order valence-corrected chi connectivity index (χ0v) is 12.1. The molecule has 0 amide bonds. The summed E-state index contributed by atoms with van der Waals surface area (Å²) in [7, 11) is -3.74. The molecule has 1 heterocycles. The van der Waals surface area contributed by atoms with Crippen LogP contribution in [0.4, 0.5) is 4.39 Å². The number of hydrogen-bond acceptors (Lipinski definition) is 3. The molecule has 1 N–H and O–H groups in total. The van der Waals surface area contributed by atoms with Crippen molar-refractivity contribution in [2.45, 2.75) is 49.1 Å². The van der Waals surface area contributed by atoms with Gasteiger partial charge >= 0.3 is 5.97 Å². The standard InChI is InChI=1S/C14H16FNO4S/c15-9-5-6-13-11(7-9)12(8-14(17)18)16(21(13,19)20)10-3-1-2-4-10/h5-7,10,12H,1-4,8H2,(H,17,18). The summed E-state index contributed by atoms with van der Waals surface area (Å²) in [6, 6.07) is 2.50. The third-order valence-electron chi connectivity index (χ3n) is 4.25. The number of aliphatic carboxylic acids is 1. The Labute approximate surface area is 122 Å². The molecule has 1 aromatic carbocycles. The predicted octanol–water partition coefficient (Wildman–Crippen LogP) is 2.29. The van der Waals surface area contributed by atoms with Crippen LogP contribution in [0.15, 0.2) is 23.1 Å². The fourth-order valence-electron chi connectivity index (χ4n) is 3.41. The Balaban J connectivity index is 2.12. The van der Waals surface area contributed by atoms with Crippen LogP contribution in [-0.4, -0.2) is 29.8 Å². The monoisotopic (exact) mass is 313 g/mol. The van der Waals surface area contributed by atoms with Crippen molar-refractivity contribution in [3.63, 3.8) is 0 Å². The Morgan fingerprint density at radius 3 is 2.62 bits per heavy atom. The van der Waals surface area contributed by atoms with Crippen LogP contribution in [0.5, 0.6) is 0 Å². The van der Waals surface area contributed by atoms with Crippen molar-refractivity contribution in [3.8, 4) is 0 Å². The van der Waals surface area contributed by atoms with Crippen LogP contribution < -0.4 is 0 Å². The first kappa shape index (κ1) is 14.5. The summed E-state index contributed by atoms with van der Waals surface area (Å²) in [6.07, 6.45) is 2.98. The first-order valence-electron chi connectivity index (χ1n) is 6.96. The number of nitrogens with zero attached hydrogens (tertiary/aromatic N) is 1. The lowest BCUT2D eigenvalue weighted by atomic mass is 10.0. The van der Waals surface area contributed by atoms with E-state index in [-0.39, 0.29) is 22.9 Å². The highest BCUT2D eigenvalue weighted by molar-refractivity contribution is 7.89. The van der Waals surface area contributed by atoms with Gasteiger partial charge in [0, 0.05) is 6.04 Å². The summed E-state index contributed by atoms with van der Waals surface area (Å²) in [5.41, 5.74) is 0.268. The maximum atomic E-state index is 13.5. The van der Waals surface area contributed by atoms with Gasteiger partial charge in [0.05, 0.1) is 17.4 Å². The Hall–Kier alpha value is -1.47. The van der Waals surface area contributed by atoms with Gasteiger partial charge in [-0.15, -0.1) is 0 Å². The maximum absolute atomic E-state index is 13.5. The van der Waals surface area contributed by atoms with Crippen molar-refractivity contribution in [1.29, 1.82) is 0 Å². The van der Waals surface area contributed by atoms with Crippen molar-refractivity contribution in [3.05, 3.63) is 29.6 Å². The highest BCUT2D eigenvalue weighted by atomic mass is 32.2. The van der Waals surface area contributed by atoms with E-state index < -0.39 is 27.9 Å². The highest BCUT2D eigenvalue weighted by Gasteiger charge is 2.47. The second kappa shape index (κ2) is 5.06. The lowest BCUT2D eigenvalue weighted by Gasteiger charge is -2.28. The third kappa shape index (κ3) is 2.34. The van der Waals surface area contributed by atoms with E-state index in [0.29, 0.717) is 0 Å². The van der Waals surface area contributed by atoms with Crippen molar-refractivity contribution in [2.24, 2.45) is 0 Å². The third-order valence-corrected chi connectivity index (χ3v) is 6.28. The predicted molar refractivity (Wildman–Crippen MR) is 72.7 cm³/mol. The van der Waals surface area contributed by atoms with Crippen LogP contribution in [0.1, 0.15) is 43.7 Å². The number of carbonyl (C=O) groups is 1. The summed E-state index contributed by atoms with van der Waals surface area (Å²) < 4.78 is 40.1. The van der Waals surface area contributed by atoms with Gasteiger partial charge in [-0.1, -0.05) is 12.8 Å². The zero-order chi connectivity index (χ0) is 15.2. The molecular weight excluding hydrogens is 297 g/mol. The largest absolute Gasteiger partial charge is 0.481 e. The maximum Gasteiger partial charge on any atom is 0.305 e. The van der Waals surface area contributed by atoms with Gasteiger partial charge in [0.1, 0.15) is 5.82 Å². The van der Waals surface area contributed by atoms with Gasteiger partial charge in [-0.05, 0) is 36.6 Å². The minimum absolute atomic E-state index is 0.0436. The van der Waals surface area contributed by atoms with E-state index in [1.807, 2.05) is 0 Å². The Bertz CT molecular complexity index is 682. The van der Waals surface area contributed by atoms with Gasteiger partial charge in [0.25, 0.3) is 0 Å². The number of rotatable bonds is 3. The number of carboxylic acids is 1. The Kier molecular flexibility index (Phi) is 3.49. The summed E-state index contributed by atoms with van der Waals surface area (Å²) in [4.78, 5) is 11.1. The van der Waals surface area contributed by atoms with E-state index >= 15 is 0 Å². The molecule has 5 nitrogen and oxygen atoms in total. The molecule has 1 fully saturated rings. The fourth-order valence-corrected chi connectivity index (χ4v) is 5.49.